The third-order valence-electron chi connectivity index (χ3n) is 5.03. The Morgan fingerprint density at radius 3 is 2.83 bits per heavy atom. The summed E-state index contributed by atoms with van der Waals surface area (Å²) in [5.41, 5.74) is 4.93. The standard InChI is InChI=1S/C18H20N4O/c1-12-18(22-17(19-2)23-12)7-6-16-13(8-18)4-3-5-15(16)14-9-20-11-21-10-14/h3-5,9-12H,6-8H2,1-2H3,(H,19,22)/t12-,18-/m0/s1. The number of aliphatic imine (C=N–C) groups is 1. The molecule has 0 bridgehead atoms. The van der Waals surface area contributed by atoms with E-state index in [0.717, 1.165) is 24.8 Å². The summed E-state index contributed by atoms with van der Waals surface area (Å²) in [6.07, 6.45) is 8.33. The van der Waals surface area contributed by atoms with Gasteiger partial charge >= 0.3 is 0 Å². The average molecular weight is 308 g/mol. The van der Waals surface area contributed by atoms with Crippen LogP contribution in [0.15, 0.2) is 41.9 Å². The molecule has 1 aromatic heterocycles. The maximum atomic E-state index is 5.85. The van der Waals surface area contributed by atoms with Gasteiger partial charge in [0.05, 0.1) is 0 Å². The Balaban J connectivity index is 1.74. The van der Waals surface area contributed by atoms with Crippen molar-refractivity contribution in [2.75, 3.05) is 7.05 Å². The minimum absolute atomic E-state index is 0.0989. The Morgan fingerprint density at radius 1 is 1.26 bits per heavy atom. The van der Waals surface area contributed by atoms with Gasteiger partial charge in [0.2, 0.25) is 0 Å². The van der Waals surface area contributed by atoms with Crippen LogP contribution in [0.25, 0.3) is 11.1 Å². The van der Waals surface area contributed by atoms with Crippen molar-refractivity contribution in [3.8, 4) is 11.1 Å². The van der Waals surface area contributed by atoms with Gasteiger partial charge < -0.3 is 10.1 Å². The zero-order valence-corrected chi connectivity index (χ0v) is 13.4. The molecule has 5 nitrogen and oxygen atoms in total. The average Bonchev–Trinajstić information content (AvgIpc) is 2.90. The van der Waals surface area contributed by atoms with Gasteiger partial charge in [0, 0.05) is 31.4 Å². The van der Waals surface area contributed by atoms with E-state index in [1.807, 2.05) is 19.4 Å². The molecule has 0 fully saturated rings. The van der Waals surface area contributed by atoms with Crippen LogP contribution in [0.5, 0.6) is 0 Å². The highest BCUT2D eigenvalue weighted by Gasteiger charge is 2.45. The zero-order chi connectivity index (χ0) is 15.9. The number of hydrogen-bond donors (Lipinski definition) is 1. The molecule has 2 heterocycles. The van der Waals surface area contributed by atoms with Crippen LogP contribution >= 0.6 is 0 Å². The van der Waals surface area contributed by atoms with E-state index in [0.29, 0.717) is 6.02 Å². The van der Waals surface area contributed by atoms with Gasteiger partial charge in [0.15, 0.2) is 0 Å². The van der Waals surface area contributed by atoms with E-state index in [4.69, 9.17) is 9.73 Å². The van der Waals surface area contributed by atoms with Crippen LogP contribution in [0.3, 0.4) is 0 Å². The first-order valence-corrected chi connectivity index (χ1v) is 8.02. The van der Waals surface area contributed by atoms with Crippen LogP contribution in [0.2, 0.25) is 0 Å². The fourth-order valence-corrected chi connectivity index (χ4v) is 3.72. The number of rotatable bonds is 1. The van der Waals surface area contributed by atoms with Gasteiger partial charge in [-0.15, -0.1) is 0 Å². The van der Waals surface area contributed by atoms with E-state index >= 15 is 0 Å². The van der Waals surface area contributed by atoms with Crippen molar-refractivity contribution in [2.45, 2.75) is 37.8 Å². The van der Waals surface area contributed by atoms with E-state index in [-0.39, 0.29) is 11.6 Å². The number of nitrogens with one attached hydrogen (secondary N) is 1. The van der Waals surface area contributed by atoms with Gasteiger partial charge in [-0.05, 0) is 36.5 Å². The fraction of sp³-hybridized carbons (Fsp3) is 0.389. The molecule has 5 heteroatoms. The molecule has 0 amide bonds. The highest BCUT2D eigenvalue weighted by atomic mass is 16.5. The molecule has 4 rings (SSSR count). The van der Waals surface area contributed by atoms with Crippen molar-refractivity contribution in [3.63, 3.8) is 0 Å². The number of nitrogens with zero attached hydrogens (tertiary/aromatic N) is 3. The van der Waals surface area contributed by atoms with Crippen LogP contribution in [0, 0.1) is 0 Å². The van der Waals surface area contributed by atoms with Crippen LogP contribution in [-0.4, -0.2) is 34.7 Å². The molecule has 1 spiro atoms. The normalized spacial score (nSPS) is 25.7. The van der Waals surface area contributed by atoms with Gasteiger partial charge in [0.25, 0.3) is 6.02 Å². The molecule has 118 valence electrons. The van der Waals surface area contributed by atoms with E-state index in [2.05, 4.69) is 40.4 Å². The summed E-state index contributed by atoms with van der Waals surface area (Å²) in [7, 11) is 1.86. The SMILES string of the molecule is CNC1=N[C@]2(CCc3c(cccc3-c3cncnc3)C2)[C@H](C)O1. The molecular formula is C18H20N4O. The predicted molar refractivity (Wildman–Crippen MR) is 89.3 cm³/mol. The molecule has 0 unspecified atom stereocenters. The third-order valence-corrected chi connectivity index (χ3v) is 5.03. The largest absolute Gasteiger partial charge is 0.460 e. The van der Waals surface area contributed by atoms with Crippen molar-refractivity contribution in [2.24, 2.45) is 4.99 Å². The maximum Gasteiger partial charge on any atom is 0.285 e. The second-order valence-electron chi connectivity index (χ2n) is 6.28. The van der Waals surface area contributed by atoms with Crippen LogP contribution in [0.4, 0.5) is 0 Å². The highest BCUT2D eigenvalue weighted by Crippen LogP contribution is 2.41. The molecule has 1 aliphatic carbocycles. The lowest BCUT2D eigenvalue weighted by Crippen LogP contribution is -2.41. The van der Waals surface area contributed by atoms with E-state index < -0.39 is 0 Å². The number of fused-ring (bicyclic) bond motifs is 1. The van der Waals surface area contributed by atoms with Crippen molar-refractivity contribution < 1.29 is 4.74 Å². The van der Waals surface area contributed by atoms with Gasteiger partial charge in [-0.25, -0.2) is 15.0 Å². The Hall–Kier alpha value is -2.43. The second kappa shape index (κ2) is 5.33. The molecule has 0 saturated carbocycles. The van der Waals surface area contributed by atoms with Crippen molar-refractivity contribution in [3.05, 3.63) is 48.0 Å². The molecule has 1 N–H and O–H groups in total. The maximum absolute atomic E-state index is 5.85. The summed E-state index contributed by atoms with van der Waals surface area (Å²) in [4.78, 5) is 13.1. The zero-order valence-electron chi connectivity index (χ0n) is 13.4. The van der Waals surface area contributed by atoms with Crippen molar-refractivity contribution >= 4 is 6.02 Å². The van der Waals surface area contributed by atoms with Crippen LogP contribution < -0.4 is 5.32 Å². The topological polar surface area (TPSA) is 59.4 Å². The van der Waals surface area contributed by atoms with E-state index in [9.17, 15) is 0 Å². The van der Waals surface area contributed by atoms with Gasteiger partial charge in [-0.3, -0.25) is 0 Å². The summed E-state index contributed by atoms with van der Waals surface area (Å²) in [6, 6.07) is 7.15. The second-order valence-corrected chi connectivity index (χ2v) is 6.28. The lowest BCUT2D eigenvalue weighted by molar-refractivity contribution is 0.138. The minimum Gasteiger partial charge on any atom is -0.460 e. The molecule has 0 radical (unpaired) electrons. The Morgan fingerprint density at radius 2 is 2.09 bits per heavy atom. The molecule has 0 saturated heterocycles. The molecule has 2 aromatic rings. The number of benzene rings is 1. The first kappa shape index (κ1) is 14.2. The summed E-state index contributed by atoms with van der Waals surface area (Å²) < 4.78 is 5.85. The lowest BCUT2D eigenvalue weighted by atomic mass is 9.74. The third kappa shape index (κ3) is 2.27. The summed E-state index contributed by atoms with van der Waals surface area (Å²) >= 11 is 0. The quantitative estimate of drug-likeness (QED) is 0.878. The number of aromatic nitrogens is 2. The molecule has 2 aliphatic rings. The summed E-state index contributed by atoms with van der Waals surface area (Å²) in [6.45, 7) is 2.12. The van der Waals surface area contributed by atoms with Crippen LogP contribution in [-0.2, 0) is 17.6 Å². The van der Waals surface area contributed by atoms with Gasteiger partial charge in [0.1, 0.15) is 18.0 Å². The fourth-order valence-electron chi connectivity index (χ4n) is 3.72. The van der Waals surface area contributed by atoms with Crippen LogP contribution in [0.1, 0.15) is 24.5 Å². The lowest BCUT2D eigenvalue weighted by Gasteiger charge is -2.35. The summed E-state index contributed by atoms with van der Waals surface area (Å²) in [5, 5.41) is 3.04. The Bertz CT molecular complexity index is 759. The minimum atomic E-state index is -0.142. The molecule has 2 atom stereocenters. The van der Waals surface area contributed by atoms with E-state index in [1.165, 1.54) is 16.7 Å². The monoisotopic (exact) mass is 308 g/mol. The first-order chi connectivity index (χ1) is 11.2. The van der Waals surface area contributed by atoms with E-state index in [1.54, 1.807) is 6.33 Å². The van der Waals surface area contributed by atoms with Crippen molar-refractivity contribution in [1.82, 2.24) is 15.3 Å². The predicted octanol–water partition coefficient (Wildman–Crippen LogP) is 2.37. The van der Waals surface area contributed by atoms with Gasteiger partial charge in [-0.1, -0.05) is 18.2 Å². The number of ether oxygens (including phenoxy) is 1. The van der Waals surface area contributed by atoms with Crippen molar-refractivity contribution in [1.29, 1.82) is 0 Å². The highest BCUT2D eigenvalue weighted by molar-refractivity contribution is 5.76. The van der Waals surface area contributed by atoms with Gasteiger partial charge in [-0.2, -0.15) is 0 Å². The molecular weight excluding hydrogens is 288 g/mol. The Kier molecular flexibility index (Phi) is 3.29. The number of hydrogen-bond acceptors (Lipinski definition) is 5. The first-order valence-electron chi connectivity index (χ1n) is 8.02. The molecule has 1 aromatic carbocycles. The Labute approximate surface area is 135 Å². The smallest absolute Gasteiger partial charge is 0.285 e. The molecule has 23 heavy (non-hydrogen) atoms. The molecule has 1 aliphatic heterocycles. The summed E-state index contributed by atoms with van der Waals surface area (Å²) in [5.74, 6) is 0. The number of amidine groups is 1.